The van der Waals surface area contributed by atoms with Gasteiger partial charge in [-0.1, -0.05) is 34.1 Å². The molecule has 1 aliphatic carbocycles. The lowest BCUT2D eigenvalue weighted by Gasteiger charge is -2.17. The molecule has 3 nitrogen and oxygen atoms in total. The number of ether oxygens (including phenoxy) is 1. The summed E-state index contributed by atoms with van der Waals surface area (Å²) in [6, 6.07) is 11.1. The number of nitrogens with zero attached hydrogens (tertiary/aromatic N) is 1. The summed E-state index contributed by atoms with van der Waals surface area (Å²) >= 11 is 3.70. The lowest BCUT2D eigenvalue weighted by atomic mass is 9.93. The van der Waals surface area contributed by atoms with E-state index in [2.05, 4.69) is 20.8 Å². The maximum atomic E-state index is 14.5. The molecule has 1 aliphatic heterocycles. The molecule has 1 saturated heterocycles. The largest absolute Gasteiger partial charge is 0.505 e. The maximum absolute atomic E-state index is 14.5. The molecule has 0 saturated carbocycles. The zero-order chi connectivity index (χ0) is 21.1. The number of likely N-dealkylation sites (tertiary alicyclic amines) is 1. The van der Waals surface area contributed by atoms with Crippen molar-refractivity contribution >= 4 is 21.5 Å². The van der Waals surface area contributed by atoms with E-state index in [9.17, 15) is 13.9 Å². The van der Waals surface area contributed by atoms with Gasteiger partial charge in [-0.25, -0.2) is 4.39 Å². The number of alkyl halides is 1. The van der Waals surface area contributed by atoms with E-state index in [1.165, 1.54) is 6.07 Å². The predicted octanol–water partition coefficient (Wildman–Crippen LogP) is 5.83. The highest BCUT2D eigenvalue weighted by atomic mass is 79.9. The lowest BCUT2D eigenvalue weighted by molar-refractivity contribution is 0.198. The minimum atomic E-state index is -0.522. The van der Waals surface area contributed by atoms with Gasteiger partial charge in [0.05, 0.1) is 6.67 Å². The second-order valence-corrected chi connectivity index (χ2v) is 8.91. The molecule has 1 fully saturated rings. The molecular formula is C24H26BrF2NO2. The maximum Gasteiger partial charge on any atom is 0.168 e. The Balaban J connectivity index is 1.52. The van der Waals surface area contributed by atoms with E-state index < -0.39 is 5.82 Å². The van der Waals surface area contributed by atoms with Crippen molar-refractivity contribution in [2.75, 3.05) is 26.3 Å². The smallest absolute Gasteiger partial charge is 0.168 e. The Hall–Kier alpha value is -1.92. The predicted molar refractivity (Wildman–Crippen MR) is 118 cm³/mol. The van der Waals surface area contributed by atoms with E-state index in [0.29, 0.717) is 18.4 Å². The average Bonchev–Trinajstić information content (AvgIpc) is 3.12. The van der Waals surface area contributed by atoms with Crippen LogP contribution >= 0.6 is 15.9 Å². The van der Waals surface area contributed by atoms with Gasteiger partial charge in [0, 0.05) is 24.1 Å². The Labute approximate surface area is 184 Å². The molecule has 6 heteroatoms. The summed E-state index contributed by atoms with van der Waals surface area (Å²) < 4.78 is 34.1. The Morgan fingerprint density at radius 2 is 1.93 bits per heavy atom. The molecule has 1 unspecified atom stereocenters. The number of allylic oxidation sites excluding steroid dienone is 1. The van der Waals surface area contributed by atoms with Gasteiger partial charge in [-0.15, -0.1) is 0 Å². The number of fused-ring (bicyclic) bond motifs is 1. The van der Waals surface area contributed by atoms with Gasteiger partial charge in [0.1, 0.15) is 11.9 Å². The quantitative estimate of drug-likeness (QED) is 0.567. The summed E-state index contributed by atoms with van der Waals surface area (Å²) in [6.07, 6.45) is 3.87. The summed E-state index contributed by atoms with van der Waals surface area (Å²) in [5.41, 5.74) is 3.34. The van der Waals surface area contributed by atoms with Crippen LogP contribution in [-0.4, -0.2) is 42.4 Å². The number of halogens is 3. The molecule has 1 heterocycles. The van der Waals surface area contributed by atoms with E-state index in [4.69, 9.17) is 4.74 Å². The van der Waals surface area contributed by atoms with Crippen LogP contribution in [0.5, 0.6) is 11.5 Å². The Kier molecular flexibility index (Phi) is 6.74. The van der Waals surface area contributed by atoms with Crippen molar-refractivity contribution in [1.29, 1.82) is 0 Å². The third-order valence-electron chi connectivity index (χ3n) is 5.87. The lowest BCUT2D eigenvalue weighted by Crippen LogP contribution is -2.26. The molecule has 2 aliphatic rings. The molecule has 2 aromatic carbocycles. The second kappa shape index (κ2) is 9.48. The van der Waals surface area contributed by atoms with Crippen LogP contribution in [0.4, 0.5) is 8.78 Å². The average molecular weight is 478 g/mol. The summed E-state index contributed by atoms with van der Waals surface area (Å²) in [5, 5.41) is 9.79. The van der Waals surface area contributed by atoms with Crippen molar-refractivity contribution in [3.05, 3.63) is 63.4 Å². The SMILES string of the molecule is Oc1ccc2c(c1F)CCCC(Br)=C2c1ccc(OC2CCN(CCCF)C2)cc1. The van der Waals surface area contributed by atoms with Gasteiger partial charge in [-0.3, -0.25) is 9.29 Å². The second-order valence-electron chi connectivity index (χ2n) is 7.95. The fraction of sp³-hybridized carbons (Fsp3) is 0.417. The first-order valence-electron chi connectivity index (χ1n) is 10.5. The van der Waals surface area contributed by atoms with Crippen LogP contribution in [0, 0.1) is 5.82 Å². The minimum absolute atomic E-state index is 0.122. The van der Waals surface area contributed by atoms with Gasteiger partial charge in [0.15, 0.2) is 11.6 Å². The number of hydrogen-bond donors (Lipinski definition) is 1. The molecule has 0 aromatic heterocycles. The highest BCUT2D eigenvalue weighted by Gasteiger charge is 2.24. The third kappa shape index (κ3) is 4.54. The normalized spacial score (nSPS) is 19.6. The van der Waals surface area contributed by atoms with Crippen molar-refractivity contribution in [2.24, 2.45) is 0 Å². The zero-order valence-corrected chi connectivity index (χ0v) is 18.4. The number of hydrogen-bond acceptors (Lipinski definition) is 3. The van der Waals surface area contributed by atoms with Gasteiger partial charge in [0.25, 0.3) is 0 Å². The standard InChI is InChI=1S/C24H26BrF2NO2/c25-21-4-1-3-20-19(9-10-22(29)24(20)27)23(21)16-5-7-17(8-6-16)30-18-11-14-28(15-18)13-2-12-26/h5-10,18,29H,1-4,11-15H2. The highest BCUT2D eigenvalue weighted by Crippen LogP contribution is 2.40. The summed E-state index contributed by atoms with van der Waals surface area (Å²) in [6.45, 7) is 2.27. The highest BCUT2D eigenvalue weighted by molar-refractivity contribution is 9.11. The van der Waals surface area contributed by atoms with Crippen LogP contribution in [0.1, 0.15) is 42.4 Å². The van der Waals surface area contributed by atoms with E-state index >= 15 is 0 Å². The van der Waals surface area contributed by atoms with Crippen molar-refractivity contribution in [2.45, 2.75) is 38.2 Å². The third-order valence-corrected chi connectivity index (χ3v) is 6.66. The van der Waals surface area contributed by atoms with Crippen molar-refractivity contribution in [1.82, 2.24) is 4.90 Å². The van der Waals surface area contributed by atoms with E-state index in [1.807, 2.05) is 24.3 Å². The van der Waals surface area contributed by atoms with E-state index in [-0.39, 0.29) is 18.5 Å². The Morgan fingerprint density at radius 1 is 1.13 bits per heavy atom. The fourth-order valence-electron chi connectivity index (χ4n) is 4.36. The number of rotatable bonds is 6. The first-order chi connectivity index (χ1) is 14.6. The van der Waals surface area contributed by atoms with Gasteiger partial charge in [0.2, 0.25) is 0 Å². The van der Waals surface area contributed by atoms with Gasteiger partial charge >= 0.3 is 0 Å². The van der Waals surface area contributed by atoms with Crippen molar-refractivity contribution in [3.63, 3.8) is 0 Å². The minimum Gasteiger partial charge on any atom is -0.505 e. The molecule has 30 heavy (non-hydrogen) atoms. The number of aromatic hydroxyl groups is 1. The van der Waals surface area contributed by atoms with Crippen LogP contribution < -0.4 is 4.74 Å². The summed E-state index contributed by atoms with van der Waals surface area (Å²) in [5.74, 6) is -0.0174. The first-order valence-corrected chi connectivity index (χ1v) is 11.3. The molecule has 4 rings (SSSR count). The number of phenols is 1. The fourth-order valence-corrected chi connectivity index (χ4v) is 5.09. The molecule has 0 amide bonds. The molecule has 160 valence electrons. The van der Waals surface area contributed by atoms with Crippen LogP contribution in [0.15, 0.2) is 40.9 Å². The number of benzene rings is 2. The Bertz CT molecular complexity index is 930. The topological polar surface area (TPSA) is 32.7 Å². The molecular weight excluding hydrogens is 452 g/mol. The van der Waals surface area contributed by atoms with Crippen molar-refractivity contribution < 1.29 is 18.6 Å². The molecule has 1 atom stereocenters. The van der Waals surface area contributed by atoms with Crippen molar-refractivity contribution in [3.8, 4) is 11.5 Å². The van der Waals surface area contributed by atoms with Gasteiger partial charge in [-0.05, 0) is 72.6 Å². The van der Waals surface area contributed by atoms with Crippen LogP contribution in [0.2, 0.25) is 0 Å². The molecule has 0 radical (unpaired) electrons. The van der Waals surface area contributed by atoms with Crippen LogP contribution in [0.3, 0.4) is 0 Å². The molecule has 0 bridgehead atoms. The Morgan fingerprint density at radius 3 is 2.70 bits per heavy atom. The van der Waals surface area contributed by atoms with E-state index in [0.717, 1.165) is 65.8 Å². The molecule has 1 N–H and O–H groups in total. The first kappa shape index (κ1) is 21.3. The molecule has 2 aromatic rings. The van der Waals surface area contributed by atoms with Crippen LogP contribution in [0.25, 0.3) is 5.57 Å². The summed E-state index contributed by atoms with van der Waals surface area (Å²) in [7, 11) is 0. The van der Waals surface area contributed by atoms with Crippen LogP contribution in [-0.2, 0) is 6.42 Å². The molecule has 0 spiro atoms. The van der Waals surface area contributed by atoms with E-state index in [1.54, 1.807) is 6.07 Å². The zero-order valence-electron chi connectivity index (χ0n) is 16.8. The summed E-state index contributed by atoms with van der Waals surface area (Å²) in [4.78, 5) is 2.24. The van der Waals surface area contributed by atoms with Gasteiger partial charge < -0.3 is 9.84 Å². The van der Waals surface area contributed by atoms with Gasteiger partial charge in [-0.2, -0.15) is 0 Å². The number of phenolic OH excluding ortho intramolecular Hbond substituents is 1. The monoisotopic (exact) mass is 477 g/mol.